The minimum Gasteiger partial charge on any atom is -0.369 e. The standard InChI is InChI=1S/C29H29N2P/c1-5-13-25(14-6-1)29(31-23-21-30(22-24-31)26-15-7-2-8-16-26)32(27-17-9-3-10-18-27)28-19-11-4-12-20-28/h1-20,29H,21-24H2. The Labute approximate surface area is 192 Å². The molecule has 0 saturated carbocycles. The lowest BCUT2D eigenvalue weighted by Gasteiger charge is -2.43. The van der Waals surface area contributed by atoms with Crippen molar-refractivity contribution in [1.29, 1.82) is 0 Å². The Morgan fingerprint density at radius 1 is 0.500 bits per heavy atom. The number of rotatable bonds is 6. The summed E-state index contributed by atoms with van der Waals surface area (Å²) in [6.07, 6.45) is 0. The van der Waals surface area contributed by atoms with Crippen LogP contribution in [-0.4, -0.2) is 31.1 Å². The number of anilines is 1. The lowest BCUT2D eigenvalue weighted by Crippen LogP contribution is -2.48. The first kappa shape index (κ1) is 20.9. The molecule has 1 aliphatic rings. The van der Waals surface area contributed by atoms with E-state index in [-0.39, 0.29) is 0 Å². The van der Waals surface area contributed by atoms with E-state index in [1.807, 2.05) is 0 Å². The van der Waals surface area contributed by atoms with Gasteiger partial charge in [-0.3, -0.25) is 4.90 Å². The van der Waals surface area contributed by atoms with Crippen LogP contribution in [0.4, 0.5) is 5.69 Å². The van der Waals surface area contributed by atoms with Gasteiger partial charge in [-0.1, -0.05) is 109 Å². The second-order valence-corrected chi connectivity index (χ2v) is 10.4. The molecule has 5 rings (SSSR count). The van der Waals surface area contributed by atoms with E-state index < -0.39 is 7.92 Å². The normalized spacial score (nSPS) is 15.6. The Bertz CT molecular complexity index is 1040. The van der Waals surface area contributed by atoms with Crippen LogP contribution in [-0.2, 0) is 0 Å². The zero-order chi connectivity index (χ0) is 21.6. The highest BCUT2D eigenvalue weighted by Gasteiger charge is 2.33. The second-order valence-electron chi connectivity index (χ2n) is 8.18. The van der Waals surface area contributed by atoms with Crippen LogP contribution in [0, 0.1) is 0 Å². The van der Waals surface area contributed by atoms with Gasteiger partial charge in [-0.05, 0) is 36.2 Å². The van der Waals surface area contributed by atoms with Gasteiger partial charge in [0, 0.05) is 31.9 Å². The van der Waals surface area contributed by atoms with Crippen molar-refractivity contribution in [3.63, 3.8) is 0 Å². The zero-order valence-corrected chi connectivity index (χ0v) is 19.2. The highest BCUT2D eigenvalue weighted by molar-refractivity contribution is 7.73. The van der Waals surface area contributed by atoms with Gasteiger partial charge in [0.05, 0.1) is 5.78 Å². The molecule has 0 bridgehead atoms. The van der Waals surface area contributed by atoms with Gasteiger partial charge >= 0.3 is 0 Å². The monoisotopic (exact) mass is 436 g/mol. The number of para-hydroxylation sites is 1. The largest absolute Gasteiger partial charge is 0.369 e. The molecule has 1 fully saturated rings. The maximum Gasteiger partial charge on any atom is 0.0632 e. The fraction of sp³-hybridized carbons (Fsp3) is 0.172. The average molecular weight is 437 g/mol. The molecule has 1 unspecified atom stereocenters. The number of benzene rings is 4. The molecule has 1 aliphatic heterocycles. The third-order valence-electron chi connectivity index (χ3n) is 6.19. The fourth-order valence-electron chi connectivity index (χ4n) is 4.62. The number of piperazine rings is 1. The first-order valence-electron chi connectivity index (χ1n) is 11.4. The fourth-order valence-corrected chi connectivity index (χ4v) is 7.50. The number of nitrogens with zero attached hydrogens (tertiary/aromatic N) is 2. The van der Waals surface area contributed by atoms with Crippen LogP contribution in [0.2, 0.25) is 0 Å². The first-order valence-corrected chi connectivity index (χ1v) is 12.8. The molecular formula is C29H29N2P. The molecule has 0 amide bonds. The summed E-state index contributed by atoms with van der Waals surface area (Å²) in [7, 11) is -0.575. The molecule has 4 aromatic carbocycles. The van der Waals surface area contributed by atoms with Crippen molar-refractivity contribution in [1.82, 2.24) is 4.90 Å². The molecule has 0 radical (unpaired) electrons. The summed E-state index contributed by atoms with van der Waals surface area (Å²) in [5, 5.41) is 2.88. The molecule has 1 heterocycles. The Hall–Kier alpha value is -2.93. The lowest BCUT2D eigenvalue weighted by molar-refractivity contribution is 0.240. The molecule has 1 saturated heterocycles. The average Bonchev–Trinajstić information content (AvgIpc) is 2.89. The molecule has 0 aromatic heterocycles. The van der Waals surface area contributed by atoms with E-state index in [4.69, 9.17) is 0 Å². The van der Waals surface area contributed by atoms with Gasteiger partial charge < -0.3 is 4.90 Å². The molecule has 2 nitrogen and oxygen atoms in total. The number of hydrogen-bond acceptors (Lipinski definition) is 2. The van der Waals surface area contributed by atoms with E-state index in [1.54, 1.807) is 0 Å². The van der Waals surface area contributed by atoms with Gasteiger partial charge in [0.2, 0.25) is 0 Å². The molecule has 160 valence electrons. The smallest absolute Gasteiger partial charge is 0.0632 e. The van der Waals surface area contributed by atoms with E-state index in [2.05, 4.69) is 131 Å². The summed E-state index contributed by atoms with van der Waals surface area (Å²) in [5.41, 5.74) is 2.75. The summed E-state index contributed by atoms with van der Waals surface area (Å²) in [4.78, 5) is 5.24. The number of hydrogen-bond donors (Lipinski definition) is 0. The van der Waals surface area contributed by atoms with Gasteiger partial charge in [0.25, 0.3) is 0 Å². The van der Waals surface area contributed by atoms with Crippen molar-refractivity contribution in [2.75, 3.05) is 31.1 Å². The van der Waals surface area contributed by atoms with E-state index in [9.17, 15) is 0 Å². The summed E-state index contributed by atoms with van der Waals surface area (Å²) < 4.78 is 0. The van der Waals surface area contributed by atoms with Crippen molar-refractivity contribution in [3.05, 3.63) is 127 Å². The highest BCUT2D eigenvalue weighted by Crippen LogP contribution is 2.51. The SMILES string of the molecule is c1ccc(C(N2CCN(c3ccccc3)CC2)P(c2ccccc2)c2ccccc2)cc1. The van der Waals surface area contributed by atoms with Crippen LogP contribution in [0.25, 0.3) is 0 Å². The van der Waals surface area contributed by atoms with Crippen LogP contribution in [0.3, 0.4) is 0 Å². The van der Waals surface area contributed by atoms with Gasteiger partial charge in [-0.15, -0.1) is 0 Å². The quantitative estimate of drug-likeness (QED) is 0.361. The first-order chi connectivity index (χ1) is 15.9. The van der Waals surface area contributed by atoms with Crippen LogP contribution in [0.5, 0.6) is 0 Å². The molecule has 0 aliphatic carbocycles. The van der Waals surface area contributed by atoms with Crippen molar-refractivity contribution < 1.29 is 0 Å². The predicted octanol–water partition coefficient (Wildman–Crippen LogP) is 5.64. The maximum atomic E-state index is 2.72. The summed E-state index contributed by atoms with van der Waals surface area (Å²) in [6, 6.07) is 44.2. The summed E-state index contributed by atoms with van der Waals surface area (Å²) in [5.74, 6) is 0.355. The van der Waals surface area contributed by atoms with Gasteiger partial charge in [-0.25, -0.2) is 0 Å². The van der Waals surface area contributed by atoms with Crippen molar-refractivity contribution in [2.24, 2.45) is 0 Å². The molecule has 3 heteroatoms. The molecular weight excluding hydrogens is 407 g/mol. The Kier molecular flexibility index (Phi) is 6.63. The van der Waals surface area contributed by atoms with Gasteiger partial charge in [0.1, 0.15) is 0 Å². The highest BCUT2D eigenvalue weighted by atomic mass is 31.1. The second kappa shape index (κ2) is 10.1. The predicted molar refractivity (Wildman–Crippen MR) is 138 cm³/mol. The van der Waals surface area contributed by atoms with E-state index in [0.717, 1.165) is 26.2 Å². The van der Waals surface area contributed by atoms with Crippen molar-refractivity contribution in [2.45, 2.75) is 5.78 Å². The molecule has 0 spiro atoms. The van der Waals surface area contributed by atoms with Crippen molar-refractivity contribution >= 4 is 24.2 Å². The zero-order valence-electron chi connectivity index (χ0n) is 18.3. The summed E-state index contributed by atoms with van der Waals surface area (Å²) >= 11 is 0. The Morgan fingerprint density at radius 2 is 0.938 bits per heavy atom. The third kappa shape index (κ3) is 4.63. The van der Waals surface area contributed by atoms with Crippen molar-refractivity contribution in [3.8, 4) is 0 Å². The Balaban J connectivity index is 1.51. The molecule has 1 atom stereocenters. The lowest BCUT2D eigenvalue weighted by atomic mass is 10.2. The van der Waals surface area contributed by atoms with E-state index in [0.29, 0.717) is 5.78 Å². The maximum absolute atomic E-state index is 2.72. The van der Waals surface area contributed by atoms with Crippen LogP contribution in [0.15, 0.2) is 121 Å². The van der Waals surface area contributed by atoms with Gasteiger partial charge in [-0.2, -0.15) is 0 Å². The minimum absolute atomic E-state index is 0.355. The van der Waals surface area contributed by atoms with Crippen LogP contribution < -0.4 is 15.5 Å². The summed E-state index contributed by atoms with van der Waals surface area (Å²) in [6.45, 7) is 4.24. The molecule has 4 aromatic rings. The van der Waals surface area contributed by atoms with Crippen LogP contribution >= 0.6 is 7.92 Å². The molecule has 0 N–H and O–H groups in total. The van der Waals surface area contributed by atoms with Gasteiger partial charge in [0.15, 0.2) is 0 Å². The third-order valence-corrected chi connectivity index (χ3v) is 9.02. The van der Waals surface area contributed by atoms with E-state index in [1.165, 1.54) is 21.9 Å². The topological polar surface area (TPSA) is 6.48 Å². The van der Waals surface area contributed by atoms with E-state index >= 15 is 0 Å². The Morgan fingerprint density at radius 3 is 1.44 bits per heavy atom. The van der Waals surface area contributed by atoms with Crippen LogP contribution in [0.1, 0.15) is 11.3 Å². The minimum atomic E-state index is -0.575. The molecule has 32 heavy (non-hydrogen) atoms.